The van der Waals surface area contributed by atoms with E-state index in [2.05, 4.69) is 12.1 Å². The van der Waals surface area contributed by atoms with Crippen LogP contribution in [0.25, 0.3) is 0 Å². The first-order valence-electron chi connectivity index (χ1n) is 7.04. The highest BCUT2D eigenvalue weighted by molar-refractivity contribution is 5.13. The first kappa shape index (κ1) is 14.5. The summed E-state index contributed by atoms with van der Waals surface area (Å²) in [6, 6.07) is 10.3. The predicted octanol–water partition coefficient (Wildman–Crippen LogP) is 3.38. The smallest absolute Gasteiger partial charge is 0.159 e. The Bertz CT molecular complexity index is 348. The molecule has 1 aromatic carbocycles. The van der Waals surface area contributed by atoms with Crippen molar-refractivity contribution in [2.24, 2.45) is 5.92 Å². The lowest BCUT2D eigenvalue weighted by Crippen LogP contribution is -2.32. The lowest BCUT2D eigenvalue weighted by atomic mass is 9.86. The van der Waals surface area contributed by atoms with Crippen LogP contribution in [-0.2, 0) is 20.8 Å². The molecule has 19 heavy (non-hydrogen) atoms. The molecule has 0 heterocycles. The summed E-state index contributed by atoms with van der Waals surface area (Å²) < 4.78 is 16.8. The molecule has 0 aliphatic heterocycles. The zero-order valence-corrected chi connectivity index (χ0v) is 11.9. The van der Waals surface area contributed by atoms with Gasteiger partial charge in [-0.2, -0.15) is 0 Å². The average molecular weight is 264 g/mol. The van der Waals surface area contributed by atoms with Gasteiger partial charge in [-0.1, -0.05) is 36.8 Å². The molecule has 2 atom stereocenters. The number of methoxy groups -OCH3 is 2. The van der Waals surface area contributed by atoms with Crippen molar-refractivity contribution < 1.29 is 14.2 Å². The van der Waals surface area contributed by atoms with Crippen LogP contribution < -0.4 is 0 Å². The van der Waals surface area contributed by atoms with E-state index in [0.29, 0.717) is 18.6 Å². The molecular weight excluding hydrogens is 240 g/mol. The molecule has 0 aromatic heterocycles. The van der Waals surface area contributed by atoms with Gasteiger partial charge in [0.2, 0.25) is 0 Å². The minimum Gasteiger partial charge on any atom is -0.374 e. The fourth-order valence-corrected chi connectivity index (χ4v) is 2.85. The van der Waals surface area contributed by atoms with Gasteiger partial charge in [-0.05, 0) is 24.8 Å². The molecule has 2 rings (SSSR count). The van der Waals surface area contributed by atoms with Crippen LogP contribution in [0.15, 0.2) is 30.3 Å². The summed E-state index contributed by atoms with van der Waals surface area (Å²) in [5.41, 5.74) is 1.24. The number of benzene rings is 1. The van der Waals surface area contributed by atoms with E-state index in [1.807, 2.05) is 18.2 Å². The maximum atomic E-state index is 6.03. The third-order valence-electron chi connectivity index (χ3n) is 3.84. The summed E-state index contributed by atoms with van der Waals surface area (Å²) in [6.45, 7) is 0.697. The van der Waals surface area contributed by atoms with Gasteiger partial charge in [0.25, 0.3) is 0 Å². The van der Waals surface area contributed by atoms with Gasteiger partial charge in [0.15, 0.2) is 6.29 Å². The molecule has 1 fully saturated rings. The molecule has 0 spiro atoms. The number of hydrogen-bond acceptors (Lipinski definition) is 3. The van der Waals surface area contributed by atoms with Crippen LogP contribution in [0.3, 0.4) is 0 Å². The van der Waals surface area contributed by atoms with Crippen molar-refractivity contribution in [2.75, 3.05) is 14.2 Å². The lowest BCUT2D eigenvalue weighted by molar-refractivity contribution is -0.155. The number of hydrogen-bond donors (Lipinski definition) is 0. The molecule has 0 N–H and O–H groups in total. The van der Waals surface area contributed by atoms with Crippen LogP contribution in [0.5, 0.6) is 0 Å². The minimum atomic E-state index is -0.0943. The Morgan fingerprint density at radius 1 is 1.11 bits per heavy atom. The van der Waals surface area contributed by atoms with Crippen LogP contribution in [-0.4, -0.2) is 26.6 Å². The zero-order valence-electron chi connectivity index (χ0n) is 11.9. The van der Waals surface area contributed by atoms with Gasteiger partial charge in [0.1, 0.15) is 0 Å². The molecule has 3 heteroatoms. The summed E-state index contributed by atoms with van der Waals surface area (Å²) in [7, 11) is 3.42. The highest BCUT2D eigenvalue weighted by Gasteiger charge is 2.28. The van der Waals surface area contributed by atoms with Crippen molar-refractivity contribution in [2.45, 2.75) is 44.7 Å². The largest absolute Gasteiger partial charge is 0.374 e. The molecule has 0 amide bonds. The maximum absolute atomic E-state index is 6.03. The van der Waals surface area contributed by atoms with E-state index >= 15 is 0 Å². The van der Waals surface area contributed by atoms with Crippen LogP contribution in [0, 0.1) is 5.92 Å². The van der Waals surface area contributed by atoms with Crippen molar-refractivity contribution in [1.82, 2.24) is 0 Å². The standard InChI is InChI=1S/C16H24O3/c1-17-16(18-2)14-9-6-10-15(11-14)19-12-13-7-4-3-5-8-13/h3-5,7-8,14-16H,6,9-12H2,1-2H3/t14-,15+/m0/s1. The summed E-state index contributed by atoms with van der Waals surface area (Å²) in [6.07, 6.45) is 4.75. The fourth-order valence-electron chi connectivity index (χ4n) is 2.85. The second-order valence-electron chi connectivity index (χ2n) is 5.19. The second kappa shape index (κ2) is 7.63. The fraction of sp³-hybridized carbons (Fsp3) is 0.625. The molecule has 0 saturated heterocycles. The topological polar surface area (TPSA) is 27.7 Å². The molecule has 1 aliphatic rings. The summed E-state index contributed by atoms with van der Waals surface area (Å²) in [5, 5.41) is 0. The Balaban J connectivity index is 1.81. The van der Waals surface area contributed by atoms with Crippen molar-refractivity contribution in [3.63, 3.8) is 0 Å². The van der Waals surface area contributed by atoms with E-state index in [0.717, 1.165) is 19.3 Å². The van der Waals surface area contributed by atoms with Crippen LogP contribution in [0.1, 0.15) is 31.2 Å². The second-order valence-corrected chi connectivity index (χ2v) is 5.19. The Hall–Kier alpha value is -0.900. The number of ether oxygens (including phenoxy) is 3. The van der Waals surface area contributed by atoms with Crippen molar-refractivity contribution in [1.29, 1.82) is 0 Å². The van der Waals surface area contributed by atoms with Gasteiger partial charge < -0.3 is 14.2 Å². The monoisotopic (exact) mass is 264 g/mol. The molecular formula is C16H24O3. The quantitative estimate of drug-likeness (QED) is 0.737. The van der Waals surface area contributed by atoms with E-state index < -0.39 is 0 Å². The molecule has 0 radical (unpaired) electrons. The van der Waals surface area contributed by atoms with Gasteiger partial charge in [-0.3, -0.25) is 0 Å². The van der Waals surface area contributed by atoms with E-state index in [9.17, 15) is 0 Å². The van der Waals surface area contributed by atoms with Gasteiger partial charge in [0, 0.05) is 20.1 Å². The van der Waals surface area contributed by atoms with E-state index in [1.165, 1.54) is 12.0 Å². The van der Waals surface area contributed by atoms with Crippen molar-refractivity contribution in [3.8, 4) is 0 Å². The Morgan fingerprint density at radius 2 is 1.84 bits per heavy atom. The molecule has 3 nitrogen and oxygen atoms in total. The molecule has 1 aromatic rings. The highest BCUT2D eigenvalue weighted by Crippen LogP contribution is 2.30. The maximum Gasteiger partial charge on any atom is 0.159 e. The number of rotatable bonds is 6. The summed E-state index contributed by atoms with van der Waals surface area (Å²) >= 11 is 0. The average Bonchev–Trinajstić information content (AvgIpc) is 2.48. The Kier molecular flexibility index (Phi) is 5.83. The van der Waals surface area contributed by atoms with Crippen molar-refractivity contribution >= 4 is 0 Å². The molecule has 1 saturated carbocycles. The van der Waals surface area contributed by atoms with E-state index in [1.54, 1.807) is 14.2 Å². The first-order chi connectivity index (χ1) is 9.33. The van der Waals surface area contributed by atoms with Crippen LogP contribution in [0.4, 0.5) is 0 Å². The van der Waals surface area contributed by atoms with Crippen LogP contribution >= 0.6 is 0 Å². The minimum absolute atomic E-state index is 0.0943. The van der Waals surface area contributed by atoms with Gasteiger partial charge in [0.05, 0.1) is 12.7 Å². The summed E-state index contributed by atoms with van der Waals surface area (Å²) in [4.78, 5) is 0. The zero-order chi connectivity index (χ0) is 13.5. The van der Waals surface area contributed by atoms with Gasteiger partial charge in [-0.15, -0.1) is 0 Å². The third-order valence-corrected chi connectivity index (χ3v) is 3.84. The molecule has 1 aliphatic carbocycles. The van der Waals surface area contributed by atoms with Gasteiger partial charge in [-0.25, -0.2) is 0 Å². The lowest BCUT2D eigenvalue weighted by Gasteiger charge is -2.32. The predicted molar refractivity (Wildman–Crippen MR) is 74.8 cm³/mol. The Labute approximate surface area is 115 Å². The normalized spacial score (nSPS) is 23.7. The third kappa shape index (κ3) is 4.30. The van der Waals surface area contributed by atoms with Crippen LogP contribution in [0.2, 0.25) is 0 Å². The van der Waals surface area contributed by atoms with E-state index in [4.69, 9.17) is 14.2 Å². The van der Waals surface area contributed by atoms with Gasteiger partial charge >= 0.3 is 0 Å². The highest BCUT2D eigenvalue weighted by atomic mass is 16.7. The molecule has 106 valence electrons. The Morgan fingerprint density at radius 3 is 2.53 bits per heavy atom. The van der Waals surface area contributed by atoms with E-state index in [-0.39, 0.29) is 6.29 Å². The molecule has 0 unspecified atom stereocenters. The molecule has 0 bridgehead atoms. The summed E-state index contributed by atoms with van der Waals surface area (Å²) in [5.74, 6) is 0.449. The first-order valence-corrected chi connectivity index (χ1v) is 7.04. The SMILES string of the molecule is COC(OC)[C@H]1CCC[C@@H](OCc2ccccc2)C1. The van der Waals surface area contributed by atoms with Crippen molar-refractivity contribution in [3.05, 3.63) is 35.9 Å².